The van der Waals surface area contributed by atoms with Gasteiger partial charge in [0, 0.05) is 38.7 Å². The van der Waals surface area contributed by atoms with Gasteiger partial charge < -0.3 is 16.2 Å². The Balaban J connectivity index is 2.28. The van der Waals surface area contributed by atoms with E-state index >= 15 is 0 Å². The zero-order chi connectivity index (χ0) is 18.4. The monoisotopic (exact) mass is 398 g/mol. The molecule has 0 saturated carbocycles. The summed E-state index contributed by atoms with van der Waals surface area (Å²) in [5.74, 6) is 1.79. The highest BCUT2D eigenvalue weighted by Gasteiger charge is 2.26. The Bertz CT molecular complexity index is 713. The van der Waals surface area contributed by atoms with Gasteiger partial charge in [-0.05, 0) is 42.3 Å². The normalized spacial score (nSPS) is 17.9. The summed E-state index contributed by atoms with van der Waals surface area (Å²) in [6, 6.07) is 5.57. The van der Waals surface area contributed by atoms with E-state index < -0.39 is 0 Å². The lowest BCUT2D eigenvalue weighted by Gasteiger charge is -2.20. The van der Waals surface area contributed by atoms with Crippen LogP contribution in [0.2, 0.25) is 10.0 Å². The van der Waals surface area contributed by atoms with Crippen molar-refractivity contribution in [2.24, 2.45) is 17.4 Å². The van der Waals surface area contributed by atoms with Crippen molar-refractivity contribution in [3.05, 3.63) is 67.9 Å². The van der Waals surface area contributed by atoms with E-state index in [1.165, 1.54) is 5.57 Å². The molecule has 136 valence electrons. The van der Waals surface area contributed by atoms with E-state index in [0.29, 0.717) is 23.0 Å². The Hall–Kier alpha value is -1.07. The van der Waals surface area contributed by atoms with Crippen molar-refractivity contribution in [3.63, 3.8) is 0 Å². The second-order valence-electron chi connectivity index (χ2n) is 5.74. The maximum absolute atomic E-state index is 6.37. The molecule has 1 aliphatic carbocycles. The summed E-state index contributed by atoms with van der Waals surface area (Å²) < 4.78 is 5.49. The molecule has 0 heterocycles. The first-order chi connectivity index (χ1) is 12.0. The molecule has 6 heteroatoms. The Kier molecular flexibility index (Phi) is 7.76. The number of thioether (sulfide) groups is 1. The first-order valence-corrected chi connectivity index (χ1v) is 9.96. The first kappa shape index (κ1) is 20.2. The number of nitrogens with two attached hydrogens (primary N) is 2. The van der Waals surface area contributed by atoms with Crippen LogP contribution in [-0.4, -0.2) is 13.7 Å². The fraction of sp³-hybridized carbons (Fsp3) is 0.368. The van der Waals surface area contributed by atoms with Gasteiger partial charge in [0.1, 0.15) is 5.76 Å². The van der Waals surface area contributed by atoms with Crippen molar-refractivity contribution >= 4 is 35.0 Å². The largest absolute Gasteiger partial charge is 0.497 e. The molecule has 1 aromatic rings. The average molecular weight is 399 g/mol. The van der Waals surface area contributed by atoms with E-state index in [-0.39, 0.29) is 5.92 Å². The molecule has 1 aromatic carbocycles. The highest BCUT2D eigenvalue weighted by atomic mass is 35.5. The zero-order valence-electron chi connectivity index (χ0n) is 14.5. The second-order valence-corrected chi connectivity index (χ2v) is 7.60. The lowest BCUT2D eigenvalue weighted by molar-refractivity contribution is 0.302. The molecule has 4 N–H and O–H groups in total. The van der Waals surface area contributed by atoms with Crippen LogP contribution < -0.4 is 11.5 Å². The predicted octanol–water partition coefficient (Wildman–Crippen LogP) is 5.24. The van der Waals surface area contributed by atoms with Gasteiger partial charge in [-0.15, -0.1) is 11.8 Å². The van der Waals surface area contributed by atoms with Gasteiger partial charge in [0.05, 0.1) is 7.11 Å². The van der Waals surface area contributed by atoms with Gasteiger partial charge in [-0.25, -0.2) is 0 Å². The molecule has 3 nitrogen and oxygen atoms in total. The van der Waals surface area contributed by atoms with E-state index in [4.69, 9.17) is 39.4 Å². The third-order valence-electron chi connectivity index (χ3n) is 4.14. The molecule has 0 amide bonds. The molecule has 0 aromatic heterocycles. The standard InChI is InChI=1S/C19H24Cl2N2OS/c1-3-14-15(6-7-18(14)24-2)19(17(23)8-9-22)25-11-12-4-5-13(20)10-16(12)21/h4-7,10,15H,3,8-9,11,22-23H2,1-2H3/b19-17-. The molecule has 2 rings (SSSR count). The number of benzene rings is 1. The van der Waals surface area contributed by atoms with E-state index in [9.17, 15) is 0 Å². The second kappa shape index (κ2) is 9.58. The highest BCUT2D eigenvalue weighted by molar-refractivity contribution is 8.02. The Morgan fingerprint density at radius 1 is 1.32 bits per heavy atom. The number of hydrogen-bond donors (Lipinski definition) is 2. The first-order valence-electron chi connectivity index (χ1n) is 8.22. The number of halogens is 2. The highest BCUT2D eigenvalue weighted by Crippen LogP contribution is 2.41. The number of hydrogen-bond acceptors (Lipinski definition) is 4. The van der Waals surface area contributed by atoms with Crippen LogP contribution >= 0.6 is 35.0 Å². The van der Waals surface area contributed by atoms with E-state index in [1.54, 1.807) is 24.9 Å². The average Bonchev–Trinajstić information content (AvgIpc) is 2.99. The summed E-state index contributed by atoms with van der Waals surface area (Å²) in [4.78, 5) is 1.12. The lowest BCUT2D eigenvalue weighted by atomic mass is 9.98. The molecule has 0 spiro atoms. The van der Waals surface area contributed by atoms with Gasteiger partial charge >= 0.3 is 0 Å². The molecule has 1 aliphatic rings. The van der Waals surface area contributed by atoms with E-state index in [0.717, 1.165) is 34.1 Å². The molecular formula is C19H24Cl2N2OS. The fourth-order valence-electron chi connectivity index (χ4n) is 2.85. The van der Waals surface area contributed by atoms with Crippen LogP contribution in [0.4, 0.5) is 0 Å². The molecule has 0 saturated heterocycles. The quantitative estimate of drug-likeness (QED) is 0.627. The van der Waals surface area contributed by atoms with Crippen LogP contribution in [0.25, 0.3) is 0 Å². The molecule has 1 atom stereocenters. The molecule has 25 heavy (non-hydrogen) atoms. The van der Waals surface area contributed by atoms with Gasteiger partial charge in [-0.1, -0.05) is 42.3 Å². The van der Waals surface area contributed by atoms with Gasteiger partial charge in [0.15, 0.2) is 0 Å². The van der Waals surface area contributed by atoms with Gasteiger partial charge in [-0.2, -0.15) is 0 Å². The van der Waals surface area contributed by atoms with Crippen molar-refractivity contribution in [3.8, 4) is 0 Å². The Morgan fingerprint density at radius 3 is 2.68 bits per heavy atom. The minimum atomic E-state index is 0.141. The van der Waals surface area contributed by atoms with Crippen LogP contribution in [0.15, 0.2) is 52.3 Å². The molecule has 1 unspecified atom stereocenters. The number of ether oxygens (including phenoxy) is 1. The van der Waals surface area contributed by atoms with Crippen LogP contribution in [-0.2, 0) is 10.5 Å². The summed E-state index contributed by atoms with van der Waals surface area (Å²) in [7, 11) is 1.70. The fourth-order valence-corrected chi connectivity index (χ4v) is 4.66. The predicted molar refractivity (Wildman–Crippen MR) is 110 cm³/mol. The van der Waals surface area contributed by atoms with E-state index in [2.05, 4.69) is 13.0 Å². The maximum Gasteiger partial charge on any atom is 0.118 e. The third kappa shape index (κ3) is 4.98. The number of methoxy groups -OCH3 is 1. The van der Waals surface area contributed by atoms with E-state index in [1.807, 2.05) is 18.2 Å². The summed E-state index contributed by atoms with van der Waals surface area (Å²) in [5, 5.41) is 1.30. The maximum atomic E-state index is 6.37. The molecule has 0 radical (unpaired) electrons. The van der Waals surface area contributed by atoms with Gasteiger partial charge in [0.25, 0.3) is 0 Å². The Morgan fingerprint density at radius 2 is 2.08 bits per heavy atom. The van der Waals surface area contributed by atoms with Crippen LogP contribution in [0.3, 0.4) is 0 Å². The summed E-state index contributed by atoms with van der Waals surface area (Å²) in [5.41, 5.74) is 15.2. The SMILES string of the molecule is CCC1=C(OC)C=CC1/C(SCc1ccc(Cl)cc1Cl)=C(/N)CCN. The van der Waals surface area contributed by atoms with Crippen molar-refractivity contribution < 1.29 is 4.74 Å². The minimum Gasteiger partial charge on any atom is -0.497 e. The smallest absolute Gasteiger partial charge is 0.118 e. The van der Waals surface area contributed by atoms with Crippen LogP contribution in [0.5, 0.6) is 0 Å². The topological polar surface area (TPSA) is 61.3 Å². The summed E-state index contributed by atoms with van der Waals surface area (Å²) in [6.45, 7) is 2.65. The molecule has 0 aliphatic heterocycles. The molecule has 0 fully saturated rings. The minimum absolute atomic E-state index is 0.141. The Labute approximate surface area is 164 Å². The number of allylic oxidation sites excluding steroid dienone is 4. The molecule has 0 bridgehead atoms. The molecular weight excluding hydrogens is 375 g/mol. The van der Waals surface area contributed by atoms with Crippen molar-refractivity contribution in [1.29, 1.82) is 0 Å². The van der Waals surface area contributed by atoms with Crippen LogP contribution in [0, 0.1) is 5.92 Å². The van der Waals surface area contributed by atoms with Crippen molar-refractivity contribution in [2.75, 3.05) is 13.7 Å². The van der Waals surface area contributed by atoms with Gasteiger partial charge in [-0.3, -0.25) is 0 Å². The summed E-state index contributed by atoms with van der Waals surface area (Å²) >= 11 is 14.0. The van der Waals surface area contributed by atoms with Crippen molar-refractivity contribution in [2.45, 2.75) is 25.5 Å². The van der Waals surface area contributed by atoms with Crippen molar-refractivity contribution in [1.82, 2.24) is 0 Å². The third-order valence-corrected chi connectivity index (χ3v) is 6.01. The van der Waals surface area contributed by atoms with Crippen LogP contribution in [0.1, 0.15) is 25.3 Å². The summed E-state index contributed by atoms with van der Waals surface area (Å²) in [6.07, 6.45) is 5.74. The zero-order valence-corrected chi connectivity index (χ0v) is 16.8. The number of rotatable bonds is 8. The lowest BCUT2D eigenvalue weighted by Crippen LogP contribution is -2.13. The van der Waals surface area contributed by atoms with Gasteiger partial charge in [0.2, 0.25) is 0 Å².